The Morgan fingerprint density at radius 2 is 1.42 bits per heavy atom. The SMILES string of the molecule is CC(=O)O[C@@H]1[C@@H](OC(C)=O)[C@H](OC(C)=O)CS[C@H]1Oc1cc(C)c(-c2ccncc2)c(C)c1. The Balaban J connectivity index is 1.90. The van der Waals surface area contributed by atoms with Crippen LogP contribution in [0, 0.1) is 13.8 Å². The second kappa shape index (κ2) is 10.7. The van der Waals surface area contributed by atoms with Crippen LogP contribution in [0.15, 0.2) is 36.7 Å². The number of rotatable bonds is 6. The van der Waals surface area contributed by atoms with Gasteiger partial charge in [0.2, 0.25) is 0 Å². The Kier molecular flexibility index (Phi) is 7.97. The van der Waals surface area contributed by atoms with Crippen LogP contribution in [0.4, 0.5) is 0 Å². The molecule has 0 saturated carbocycles. The summed E-state index contributed by atoms with van der Waals surface area (Å²) in [6.07, 6.45) is 0.777. The summed E-state index contributed by atoms with van der Waals surface area (Å²) in [5.41, 5.74) is 3.49. The molecule has 0 spiro atoms. The monoisotopic (exact) mass is 473 g/mol. The van der Waals surface area contributed by atoms with Crippen molar-refractivity contribution in [1.29, 1.82) is 0 Å². The van der Waals surface area contributed by atoms with E-state index in [2.05, 4.69) is 4.98 Å². The van der Waals surface area contributed by atoms with E-state index in [0.717, 1.165) is 22.3 Å². The molecule has 0 unspecified atom stereocenters. The lowest BCUT2D eigenvalue weighted by molar-refractivity contribution is -0.186. The molecule has 1 aromatic heterocycles. The standard InChI is InChI=1S/C24H27NO7S/c1-13-10-19(11-14(2)21(13)18-6-8-25-9-7-18)32-24-23(31-17(5)28)22(30-16(4)27)20(12-33-24)29-15(3)26/h6-11,20,22-24H,12H2,1-5H3/t20-,22+,23-,24-/m1/s1. The van der Waals surface area contributed by atoms with Crippen molar-refractivity contribution in [2.24, 2.45) is 0 Å². The minimum absolute atomic E-state index is 0.313. The predicted molar refractivity (Wildman–Crippen MR) is 123 cm³/mol. The van der Waals surface area contributed by atoms with Gasteiger partial charge in [0.15, 0.2) is 23.7 Å². The van der Waals surface area contributed by atoms with Crippen LogP contribution in [0.5, 0.6) is 5.75 Å². The summed E-state index contributed by atoms with van der Waals surface area (Å²) in [6, 6.07) is 7.71. The summed E-state index contributed by atoms with van der Waals surface area (Å²) in [6.45, 7) is 7.77. The van der Waals surface area contributed by atoms with Crippen molar-refractivity contribution in [2.75, 3.05) is 5.75 Å². The highest BCUT2D eigenvalue weighted by atomic mass is 32.2. The molecule has 9 heteroatoms. The van der Waals surface area contributed by atoms with Gasteiger partial charge in [-0.15, -0.1) is 11.8 Å². The van der Waals surface area contributed by atoms with Crippen molar-refractivity contribution < 1.29 is 33.3 Å². The number of aromatic nitrogens is 1. The van der Waals surface area contributed by atoms with Gasteiger partial charge in [0, 0.05) is 38.9 Å². The van der Waals surface area contributed by atoms with Crippen molar-refractivity contribution >= 4 is 29.7 Å². The quantitative estimate of drug-likeness (QED) is 0.460. The summed E-state index contributed by atoms with van der Waals surface area (Å²) in [5, 5.41) is 0. The third-order valence-corrected chi connectivity index (χ3v) is 6.25. The smallest absolute Gasteiger partial charge is 0.303 e. The molecule has 8 nitrogen and oxygen atoms in total. The molecule has 4 atom stereocenters. The first-order chi connectivity index (χ1) is 15.7. The van der Waals surface area contributed by atoms with Gasteiger partial charge in [-0.25, -0.2) is 0 Å². The van der Waals surface area contributed by atoms with E-state index < -0.39 is 41.7 Å². The van der Waals surface area contributed by atoms with Gasteiger partial charge in [-0.05, 0) is 60.4 Å². The first-order valence-electron chi connectivity index (χ1n) is 10.5. The lowest BCUT2D eigenvalue weighted by Crippen LogP contribution is -2.55. The summed E-state index contributed by atoms with van der Waals surface area (Å²) in [4.78, 5) is 39.2. The van der Waals surface area contributed by atoms with Crippen LogP contribution in [0.25, 0.3) is 11.1 Å². The molecule has 1 aliphatic heterocycles. The number of ether oxygens (including phenoxy) is 4. The van der Waals surface area contributed by atoms with Gasteiger partial charge in [0.1, 0.15) is 5.75 Å². The highest BCUT2D eigenvalue weighted by Gasteiger charge is 2.47. The second-order valence-electron chi connectivity index (χ2n) is 7.78. The zero-order valence-corrected chi connectivity index (χ0v) is 20.0. The molecule has 33 heavy (non-hydrogen) atoms. The van der Waals surface area contributed by atoms with E-state index in [1.165, 1.54) is 32.5 Å². The van der Waals surface area contributed by atoms with Gasteiger partial charge < -0.3 is 18.9 Å². The zero-order valence-electron chi connectivity index (χ0n) is 19.2. The fourth-order valence-corrected chi connectivity index (χ4v) is 5.13. The van der Waals surface area contributed by atoms with Crippen LogP contribution in [0.1, 0.15) is 31.9 Å². The Morgan fingerprint density at radius 1 is 0.879 bits per heavy atom. The molecular weight excluding hydrogens is 446 g/mol. The van der Waals surface area contributed by atoms with Crippen LogP contribution >= 0.6 is 11.8 Å². The molecule has 0 N–H and O–H groups in total. The molecule has 1 fully saturated rings. The molecule has 176 valence electrons. The minimum atomic E-state index is -0.986. The van der Waals surface area contributed by atoms with Crippen LogP contribution in [0.3, 0.4) is 0 Å². The fraction of sp³-hybridized carbons (Fsp3) is 0.417. The lowest BCUT2D eigenvalue weighted by Gasteiger charge is -2.40. The Bertz CT molecular complexity index is 1000. The molecule has 2 aromatic rings. The number of benzene rings is 1. The Labute approximate surface area is 197 Å². The largest absolute Gasteiger partial charge is 0.476 e. The van der Waals surface area contributed by atoms with Gasteiger partial charge in [-0.3, -0.25) is 19.4 Å². The number of carbonyl (C=O) groups is 3. The highest BCUT2D eigenvalue weighted by molar-refractivity contribution is 7.99. The summed E-state index contributed by atoms with van der Waals surface area (Å²) < 4.78 is 22.5. The Morgan fingerprint density at radius 3 is 1.97 bits per heavy atom. The second-order valence-corrected chi connectivity index (χ2v) is 8.91. The van der Waals surface area contributed by atoms with Gasteiger partial charge in [0.25, 0.3) is 0 Å². The summed E-state index contributed by atoms with van der Waals surface area (Å²) in [5.74, 6) is -0.752. The maximum atomic E-state index is 11.8. The van der Waals surface area contributed by atoms with Crippen LogP contribution in [-0.2, 0) is 28.6 Å². The molecule has 0 aliphatic carbocycles. The molecule has 0 bridgehead atoms. The van der Waals surface area contributed by atoms with Gasteiger partial charge in [-0.2, -0.15) is 0 Å². The average Bonchev–Trinajstić information content (AvgIpc) is 2.71. The molecule has 0 amide bonds. The van der Waals surface area contributed by atoms with E-state index in [1.807, 2.05) is 38.1 Å². The van der Waals surface area contributed by atoms with Crippen LogP contribution in [-0.4, -0.2) is 52.4 Å². The number of hydrogen-bond donors (Lipinski definition) is 0. The van der Waals surface area contributed by atoms with Crippen LogP contribution < -0.4 is 4.74 Å². The lowest BCUT2D eigenvalue weighted by atomic mass is 9.96. The maximum Gasteiger partial charge on any atom is 0.303 e. The van der Waals surface area contributed by atoms with E-state index in [4.69, 9.17) is 18.9 Å². The molecule has 0 radical (unpaired) electrons. The number of pyridine rings is 1. The third kappa shape index (κ3) is 6.25. The van der Waals surface area contributed by atoms with Crippen molar-refractivity contribution in [3.05, 3.63) is 47.8 Å². The molecule has 1 aliphatic rings. The van der Waals surface area contributed by atoms with Crippen molar-refractivity contribution in [2.45, 2.75) is 58.4 Å². The normalized spacial score (nSPS) is 22.2. The van der Waals surface area contributed by atoms with E-state index >= 15 is 0 Å². The first kappa shape index (κ1) is 24.6. The Hall–Kier alpha value is -3.07. The van der Waals surface area contributed by atoms with E-state index in [1.54, 1.807) is 12.4 Å². The maximum absolute atomic E-state index is 11.8. The number of nitrogens with zero attached hydrogens (tertiary/aromatic N) is 1. The van der Waals surface area contributed by atoms with Gasteiger partial charge in [-0.1, -0.05) is 0 Å². The van der Waals surface area contributed by atoms with Gasteiger partial charge in [0.05, 0.1) is 0 Å². The number of carbonyl (C=O) groups excluding carboxylic acids is 3. The first-order valence-corrected chi connectivity index (χ1v) is 11.5. The summed E-state index contributed by atoms with van der Waals surface area (Å²) >= 11 is 1.33. The fourth-order valence-electron chi connectivity index (χ4n) is 3.91. The van der Waals surface area contributed by atoms with Crippen molar-refractivity contribution in [3.8, 4) is 16.9 Å². The number of hydrogen-bond acceptors (Lipinski definition) is 9. The van der Waals surface area contributed by atoms with Crippen molar-refractivity contribution in [3.63, 3.8) is 0 Å². The zero-order chi connectivity index (χ0) is 24.1. The van der Waals surface area contributed by atoms with E-state index in [-0.39, 0.29) is 0 Å². The van der Waals surface area contributed by atoms with Crippen LogP contribution in [0.2, 0.25) is 0 Å². The average molecular weight is 474 g/mol. The molecule has 3 rings (SSSR count). The highest BCUT2D eigenvalue weighted by Crippen LogP contribution is 2.36. The van der Waals surface area contributed by atoms with E-state index in [9.17, 15) is 14.4 Å². The minimum Gasteiger partial charge on any atom is -0.476 e. The third-order valence-electron chi connectivity index (χ3n) is 5.03. The molecule has 1 saturated heterocycles. The molecular formula is C24H27NO7S. The number of thioether (sulfide) groups is 1. The molecule has 1 aromatic carbocycles. The van der Waals surface area contributed by atoms with Crippen molar-refractivity contribution in [1.82, 2.24) is 4.98 Å². The van der Waals surface area contributed by atoms with E-state index in [0.29, 0.717) is 11.5 Å². The number of esters is 3. The summed E-state index contributed by atoms with van der Waals surface area (Å²) in [7, 11) is 0. The van der Waals surface area contributed by atoms with Gasteiger partial charge >= 0.3 is 17.9 Å². The predicted octanol–water partition coefficient (Wildman–Crippen LogP) is 3.61. The molecule has 2 heterocycles. The number of aryl methyl sites for hydroxylation is 2. The topological polar surface area (TPSA) is 101 Å².